The minimum Gasteiger partial charge on any atom is -0.507 e. The van der Waals surface area contributed by atoms with Crippen molar-refractivity contribution in [3.05, 3.63) is 50.8 Å². The van der Waals surface area contributed by atoms with Gasteiger partial charge in [0.15, 0.2) is 5.78 Å². The van der Waals surface area contributed by atoms with E-state index >= 15 is 0 Å². The third kappa shape index (κ3) is 3.47. The number of phenols is 1. The highest BCUT2D eigenvalue weighted by molar-refractivity contribution is 6.44. The van der Waals surface area contributed by atoms with Gasteiger partial charge in [-0.2, -0.15) is 0 Å². The molecule has 0 aliphatic heterocycles. The van der Waals surface area contributed by atoms with Crippen LogP contribution < -0.4 is 0 Å². The van der Waals surface area contributed by atoms with E-state index in [1.54, 1.807) is 12.1 Å². The summed E-state index contributed by atoms with van der Waals surface area (Å²) in [7, 11) is 0. The molecule has 0 unspecified atom stereocenters. The quantitative estimate of drug-likeness (QED) is 0.653. The number of nitrogens with one attached hydrogen (secondary N) is 1. The first-order valence-electron chi connectivity index (χ1n) is 7.79. The standard InChI is InChI=1S/C19H23Cl2NO2/c1-18(2,3)12-7-10(8-13(16(12)24)19(4,5)6)15(23)11-9-22-17(21)14(11)20/h7-9,22,24H,1-6H3. The molecule has 0 spiro atoms. The fraction of sp³-hybridized carbons (Fsp3) is 0.421. The maximum absolute atomic E-state index is 12.9. The largest absolute Gasteiger partial charge is 0.507 e. The molecule has 0 aliphatic carbocycles. The molecule has 24 heavy (non-hydrogen) atoms. The Morgan fingerprint density at radius 1 is 1.00 bits per heavy atom. The highest BCUT2D eigenvalue weighted by Gasteiger charge is 2.28. The molecule has 1 aromatic carbocycles. The number of carbonyl (C=O) groups is 1. The molecule has 0 radical (unpaired) electrons. The van der Waals surface area contributed by atoms with Crippen LogP contribution in [0.25, 0.3) is 0 Å². The molecule has 0 saturated heterocycles. The van der Waals surface area contributed by atoms with Gasteiger partial charge in [-0.05, 0) is 23.0 Å². The van der Waals surface area contributed by atoms with Gasteiger partial charge < -0.3 is 10.1 Å². The fourth-order valence-electron chi connectivity index (χ4n) is 2.61. The first-order chi connectivity index (χ1) is 10.8. The SMILES string of the molecule is CC(C)(C)c1cc(C(=O)c2c[nH]c(Cl)c2Cl)cc(C(C)(C)C)c1O. The summed E-state index contributed by atoms with van der Waals surface area (Å²) < 4.78 is 0. The first kappa shape index (κ1) is 18.9. The molecular weight excluding hydrogens is 345 g/mol. The monoisotopic (exact) mass is 367 g/mol. The fourth-order valence-corrected chi connectivity index (χ4v) is 2.96. The summed E-state index contributed by atoms with van der Waals surface area (Å²) >= 11 is 12.0. The number of phenolic OH excluding ortho intramolecular Hbond substituents is 1. The van der Waals surface area contributed by atoms with E-state index in [-0.39, 0.29) is 32.5 Å². The molecule has 2 rings (SSSR count). The zero-order chi connectivity index (χ0) is 18.4. The van der Waals surface area contributed by atoms with E-state index in [1.807, 2.05) is 41.5 Å². The number of H-pyrrole nitrogens is 1. The van der Waals surface area contributed by atoms with E-state index in [2.05, 4.69) is 4.98 Å². The lowest BCUT2D eigenvalue weighted by Crippen LogP contribution is -2.19. The zero-order valence-electron chi connectivity index (χ0n) is 14.8. The average molecular weight is 368 g/mol. The summed E-state index contributed by atoms with van der Waals surface area (Å²) in [4.78, 5) is 15.7. The van der Waals surface area contributed by atoms with Crippen molar-refractivity contribution in [3.63, 3.8) is 0 Å². The second kappa shape index (κ2) is 6.12. The van der Waals surface area contributed by atoms with E-state index in [1.165, 1.54) is 6.20 Å². The molecule has 1 heterocycles. The number of aromatic nitrogens is 1. The molecule has 0 aliphatic rings. The smallest absolute Gasteiger partial charge is 0.196 e. The van der Waals surface area contributed by atoms with E-state index in [0.717, 1.165) is 11.1 Å². The molecule has 0 bridgehead atoms. The zero-order valence-corrected chi connectivity index (χ0v) is 16.4. The highest BCUT2D eigenvalue weighted by Crippen LogP contribution is 2.40. The highest BCUT2D eigenvalue weighted by atomic mass is 35.5. The van der Waals surface area contributed by atoms with Crippen molar-refractivity contribution < 1.29 is 9.90 Å². The van der Waals surface area contributed by atoms with Gasteiger partial charge in [0.1, 0.15) is 10.9 Å². The first-order valence-corrected chi connectivity index (χ1v) is 8.54. The molecule has 5 heteroatoms. The maximum Gasteiger partial charge on any atom is 0.196 e. The Morgan fingerprint density at radius 2 is 1.46 bits per heavy atom. The molecule has 0 fully saturated rings. The third-order valence-corrected chi connectivity index (χ3v) is 4.79. The van der Waals surface area contributed by atoms with Gasteiger partial charge >= 0.3 is 0 Å². The number of hydrogen-bond acceptors (Lipinski definition) is 2. The van der Waals surface area contributed by atoms with Gasteiger partial charge in [-0.3, -0.25) is 4.79 Å². The number of aromatic amines is 1. The van der Waals surface area contributed by atoms with Crippen molar-refractivity contribution >= 4 is 29.0 Å². The maximum atomic E-state index is 12.9. The summed E-state index contributed by atoms with van der Waals surface area (Å²) in [6.07, 6.45) is 1.51. The Morgan fingerprint density at radius 3 is 1.79 bits per heavy atom. The molecule has 0 amide bonds. The lowest BCUT2D eigenvalue weighted by molar-refractivity contribution is 0.103. The second-order valence-corrected chi connectivity index (χ2v) is 8.84. The van der Waals surface area contributed by atoms with Crippen molar-refractivity contribution in [3.8, 4) is 5.75 Å². The Labute approximate surface area is 153 Å². The molecule has 130 valence electrons. The van der Waals surface area contributed by atoms with Crippen molar-refractivity contribution in [2.75, 3.05) is 0 Å². The number of aromatic hydroxyl groups is 1. The van der Waals surface area contributed by atoms with Gasteiger partial charge in [0.25, 0.3) is 0 Å². The molecule has 2 aromatic rings. The Balaban J connectivity index is 2.71. The molecule has 1 aromatic heterocycles. The van der Waals surface area contributed by atoms with Crippen LogP contribution in [0.15, 0.2) is 18.3 Å². The number of halogens is 2. The van der Waals surface area contributed by atoms with Crippen LogP contribution in [0.5, 0.6) is 5.75 Å². The Bertz CT molecular complexity index is 758. The Kier molecular flexibility index (Phi) is 4.82. The number of benzene rings is 1. The molecular formula is C19H23Cl2NO2. The molecule has 2 N–H and O–H groups in total. The summed E-state index contributed by atoms with van der Waals surface area (Å²) in [5, 5.41) is 11.2. The van der Waals surface area contributed by atoms with Crippen LogP contribution in [0, 0.1) is 0 Å². The minimum atomic E-state index is -0.306. The predicted molar refractivity (Wildman–Crippen MR) is 99.8 cm³/mol. The second-order valence-electron chi connectivity index (χ2n) is 8.08. The number of hydrogen-bond donors (Lipinski definition) is 2. The van der Waals surface area contributed by atoms with Crippen LogP contribution in [0.4, 0.5) is 0 Å². The van der Waals surface area contributed by atoms with Gasteiger partial charge in [0.2, 0.25) is 0 Å². The van der Waals surface area contributed by atoms with E-state index in [4.69, 9.17) is 23.2 Å². The van der Waals surface area contributed by atoms with Crippen LogP contribution in [0.3, 0.4) is 0 Å². The Hall–Kier alpha value is -1.45. The summed E-state index contributed by atoms with van der Waals surface area (Å²) in [5.74, 6) is 0.0175. The van der Waals surface area contributed by atoms with Crippen molar-refractivity contribution in [2.24, 2.45) is 0 Å². The molecule has 3 nitrogen and oxygen atoms in total. The molecule has 0 saturated carbocycles. The van der Waals surface area contributed by atoms with Gasteiger partial charge in [0.05, 0.1) is 10.6 Å². The van der Waals surface area contributed by atoms with Crippen LogP contribution in [0.2, 0.25) is 10.2 Å². The van der Waals surface area contributed by atoms with E-state index < -0.39 is 0 Å². The van der Waals surface area contributed by atoms with Crippen molar-refractivity contribution in [1.82, 2.24) is 4.98 Å². The van der Waals surface area contributed by atoms with Crippen LogP contribution >= 0.6 is 23.2 Å². The van der Waals surface area contributed by atoms with E-state index in [9.17, 15) is 9.90 Å². The van der Waals surface area contributed by atoms with Crippen LogP contribution in [0.1, 0.15) is 68.6 Å². The molecule has 0 atom stereocenters. The summed E-state index contributed by atoms with van der Waals surface area (Å²) in [6.45, 7) is 12.0. The average Bonchev–Trinajstić information content (AvgIpc) is 2.76. The van der Waals surface area contributed by atoms with Gasteiger partial charge in [0, 0.05) is 22.9 Å². The van der Waals surface area contributed by atoms with Crippen LogP contribution in [-0.4, -0.2) is 15.9 Å². The number of rotatable bonds is 2. The lowest BCUT2D eigenvalue weighted by Gasteiger charge is -2.28. The predicted octanol–water partition coefficient (Wildman–Crippen LogP) is 5.85. The lowest BCUT2D eigenvalue weighted by atomic mass is 9.78. The van der Waals surface area contributed by atoms with Crippen molar-refractivity contribution in [2.45, 2.75) is 52.4 Å². The third-order valence-electron chi connectivity index (χ3n) is 4.01. The van der Waals surface area contributed by atoms with Crippen LogP contribution in [-0.2, 0) is 10.8 Å². The topological polar surface area (TPSA) is 53.1 Å². The summed E-state index contributed by atoms with van der Waals surface area (Å²) in [6, 6.07) is 3.48. The van der Waals surface area contributed by atoms with Crippen molar-refractivity contribution in [1.29, 1.82) is 0 Å². The van der Waals surface area contributed by atoms with Gasteiger partial charge in [-0.15, -0.1) is 0 Å². The van der Waals surface area contributed by atoms with E-state index in [0.29, 0.717) is 11.1 Å². The normalized spacial score (nSPS) is 12.5. The summed E-state index contributed by atoms with van der Waals surface area (Å²) in [5.41, 5.74) is 1.67. The number of carbonyl (C=O) groups excluding carboxylic acids is 1. The minimum absolute atomic E-state index is 0.212. The number of ketones is 1. The van der Waals surface area contributed by atoms with Gasteiger partial charge in [-0.25, -0.2) is 0 Å². The van der Waals surface area contributed by atoms with Gasteiger partial charge in [-0.1, -0.05) is 64.7 Å².